The van der Waals surface area contributed by atoms with Crippen molar-refractivity contribution in [1.29, 1.82) is 0 Å². The number of nitrogens with zero attached hydrogens (tertiary/aromatic N) is 6. The minimum atomic E-state index is -4.45. The molecule has 0 radical (unpaired) electrons. The highest BCUT2D eigenvalue weighted by molar-refractivity contribution is 5.95. The normalized spacial score (nSPS) is 18.4. The topological polar surface area (TPSA) is 57.5 Å². The number of hydrogen-bond acceptors (Lipinski definition) is 5. The summed E-state index contributed by atoms with van der Waals surface area (Å²) in [6.07, 6.45) is 0.432. The SMILES string of the molecule is CC(C)c1c(C(=O)N2CCN(CCN3CCCC3)CC2)cnn1-c1ccc(C(F)(F)F)cn1. The van der Waals surface area contributed by atoms with Crippen LogP contribution in [0.2, 0.25) is 0 Å². The number of likely N-dealkylation sites (tertiary alicyclic amines) is 1. The Morgan fingerprint density at radius 3 is 2.15 bits per heavy atom. The van der Waals surface area contributed by atoms with Gasteiger partial charge in [-0.2, -0.15) is 18.3 Å². The van der Waals surface area contributed by atoms with Crippen molar-refractivity contribution in [3.63, 3.8) is 0 Å². The standard InChI is InChI=1S/C23H31F3N6O/c1-17(2)21-19(16-28-32(21)20-6-5-18(15-27-20)23(24,25)26)22(33)31-13-11-30(12-14-31)10-9-29-7-3-4-8-29/h5-6,15-17H,3-4,7-14H2,1-2H3. The molecule has 0 saturated carbocycles. The van der Waals surface area contributed by atoms with E-state index < -0.39 is 11.7 Å². The lowest BCUT2D eigenvalue weighted by Crippen LogP contribution is -2.50. The van der Waals surface area contributed by atoms with Crippen molar-refractivity contribution in [2.45, 2.75) is 38.8 Å². The molecule has 2 aromatic heterocycles. The van der Waals surface area contributed by atoms with Crippen molar-refractivity contribution >= 4 is 5.91 Å². The maximum atomic E-state index is 13.3. The largest absolute Gasteiger partial charge is 0.417 e. The molecule has 2 saturated heterocycles. The fraction of sp³-hybridized carbons (Fsp3) is 0.609. The number of amides is 1. The molecule has 4 heterocycles. The number of alkyl halides is 3. The summed E-state index contributed by atoms with van der Waals surface area (Å²) in [6.45, 7) is 11.3. The fourth-order valence-corrected chi connectivity index (χ4v) is 4.57. The highest BCUT2D eigenvalue weighted by atomic mass is 19.4. The molecule has 0 unspecified atom stereocenters. The molecule has 7 nitrogen and oxygen atoms in total. The van der Waals surface area contributed by atoms with Crippen molar-refractivity contribution in [2.75, 3.05) is 52.4 Å². The molecule has 0 bridgehead atoms. The Kier molecular flexibility index (Phi) is 7.04. The van der Waals surface area contributed by atoms with E-state index in [0.29, 0.717) is 24.3 Å². The Hall–Kier alpha value is -2.46. The number of carbonyl (C=O) groups excluding carboxylic acids is 1. The number of halogens is 3. The van der Waals surface area contributed by atoms with Gasteiger partial charge in [-0.3, -0.25) is 9.69 Å². The molecule has 0 spiro atoms. The second kappa shape index (κ2) is 9.80. The fourth-order valence-electron chi connectivity index (χ4n) is 4.57. The van der Waals surface area contributed by atoms with E-state index in [1.807, 2.05) is 18.7 Å². The van der Waals surface area contributed by atoms with E-state index in [1.165, 1.54) is 42.9 Å². The summed E-state index contributed by atoms with van der Waals surface area (Å²) >= 11 is 0. The van der Waals surface area contributed by atoms with Gasteiger partial charge in [-0.15, -0.1) is 0 Å². The van der Waals surface area contributed by atoms with E-state index in [9.17, 15) is 18.0 Å². The molecular weight excluding hydrogens is 433 g/mol. The third kappa shape index (κ3) is 5.38. The Labute approximate surface area is 192 Å². The first-order chi connectivity index (χ1) is 15.7. The predicted octanol–water partition coefficient (Wildman–Crippen LogP) is 3.26. The van der Waals surface area contributed by atoms with Gasteiger partial charge in [0.2, 0.25) is 0 Å². The quantitative estimate of drug-likeness (QED) is 0.657. The Morgan fingerprint density at radius 2 is 1.61 bits per heavy atom. The van der Waals surface area contributed by atoms with E-state index in [4.69, 9.17) is 0 Å². The molecule has 2 aliphatic heterocycles. The first-order valence-corrected chi connectivity index (χ1v) is 11.6. The lowest BCUT2D eigenvalue weighted by atomic mass is 10.0. The molecule has 1 amide bonds. The van der Waals surface area contributed by atoms with Crippen LogP contribution < -0.4 is 0 Å². The summed E-state index contributed by atoms with van der Waals surface area (Å²) in [5, 5.41) is 4.31. The predicted molar refractivity (Wildman–Crippen MR) is 118 cm³/mol. The number of rotatable bonds is 6. The zero-order valence-electron chi connectivity index (χ0n) is 19.2. The summed E-state index contributed by atoms with van der Waals surface area (Å²) in [6, 6.07) is 2.27. The van der Waals surface area contributed by atoms with E-state index in [2.05, 4.69) is 19.9 Å². The van der Waals surface area contributed by atoms with Gasteiger partial charge in [-0.25, -0.2) is 9.67 Å². The van der Waals surface area contributed by atoms with E-state index >= 15 is 0 Å². The van der Waals surface area contributed by atoms with Crippen LogP contribution in [0.3, 0.4) is 0 Å². The third-order valence-corrected chi connectivity index (χ3v) is 6.47. The highest BCUT2D eigenvalue weighted by Gasteiger charge is 2.31. The van der Waals surface area contributed by atoms with Gasteiger partial charge in [0.25, 0.3) is 5.91 Å². The molecule has 0 aliphatic carbocycles. The van der Waals surface area contributed by atoms with Gasteiger partial charge in [-0.05, 0) is 44.0 Å². The monoisotopic (exact) mass is 464 g/mol. The van der Waals surface area contributed by atoms with Gasteiger partial charge in [0.15, 0.2) is 5.82 Å². The summed E-state index contributed by atoms with van der Waals surface area (Å²) < 4.78 is 40.1. The van der Waals surface area contributed by atoms with Gasteiger partial charge >= 0.3 is 6.18 Å². The Balaban J connectivity index is 1.43. The van der Waals surface area contributed by atoms with Crippen molar-refractivity contribution in [3.8, 4) is 5.82 Å². The zero-order valence-corrected chi connectivity index (χ0v) is 19.2. The summed E-state index contributed by atoms with van der Waals surface area (Å²) in [5.41, 5.74) is 0.323. The number of pyridine rings is 1. The van der Waals surface area contributed by atoms with E-state index in [1.54, 1.807) is 0 Å². The molecule has 0 atom stereocenters. The molecule has 2 fully saturated rings. The Morgan fingerprint density at radius 1 is 0.970 bits per heavy atom. The number of aromatic nitrogens is 3. The van der Waals surface area contributed by atoms with Crippen molar-refractivity contribution in [3.05, 3.63) is 41.3 Å². The average Bonchev–Trinajstić information content (AvgIpc) is 3.47. The molecule has 4 rings (SSSR count). The molecular formula is C23H31F3N6O. The number of hydrogen-bond donors (Lipinski definition) is 0. The molecule has 180 valence electrons. The van der Waals surface area contributed by atoms with Crippen LogP contribution in [-0.2, 0) is 6.18 Å². The Bertz CT molecular complexity index is 942. The first kappa shape index (κ1) is 23.7. The average molecular weight is 465 g/mol. The summed E-state index contributed by atoms with van der Waals surface area (Å²) in [7, 11) is 0. The van der Waals surface area contributed by atoms with Gasteiger partial charge in [0.1, 0.15) is 0 Å². The minimum absolute atomic E-state index is 0.0581. The molecule has 0 aromatic carbocycles. The van der Waals surface area contributed by atoms with Gasteiger partial charge in [0.05, 0.1) is 23.0 Å². The van der Waals surface area contributed by atoms with Crippen LogP contribution in [0.25, 0.3) is 5.82 Å². The van der Waals surface area contributed by atoms with Crippen LogP contribution in [0.1, 0.15) is 54.2 Å². The van der Waals surface area contributed by atoms with Crippen LogP contribution in [0.4, 0.5) is 13.2 Å². The van der Waals surface area contributed by atoms with Gasteiger partial charge < -0.3 is 9.80 Å². The second-order valence-corrected chi connectivity index (χ2v) is 9.10. The number of piperazine rings is 1. The molecule has 10 heteroatoms. The first-order valence-electron chi connectivity index (χ1n) is 11.6. The van der Waals surface area contributed by atoms with E-state index in [-0.39, 0.29) is 17.6 Å². The van der Waals surface area contributed by atoms with E-state index in [0.717, 1.165) is 38.4 Å². The summed E-state index contributed by atoms with van der Waals surface area (Å²) in [4.78, 5) is 24.0. The van der Waals surface area contributed by atoms with Crippen molar-refractivity contribution in [2.24, 2.45) is 0 Å². The maximum Gasteiger partial charge on any atom is 0.417 e. The molecule has 0 N–H and O–H groups in total. The molecule has 2 aromatic rings. The second-order valence-electron chi connectivity index (χ2n) is 9.10. The van der Waals surface area contributed by atoms with Crippen LogP contribution in [0.15, 0.2) is 24.5 Å². The zero-order chi connectivity index (χ0) is 23.6. The summed E-state index contributed by atoms with van der Waals surface area (Å²) in [5.74, 6) is 0.117. The number of carbonyl (C=O) groups is 1. The van der Waals surface area contributed by atoms with Gasteiger partial charge in [0, 0.05) is 45.5 Å². The van der Waals surface area contributed by atoms with Crippen LogP contribution in [0.5, 0.6) is 0 Å². The van der Waals surface area contributed by atoms with Crippen molar-refractivity contribution in [1.82, 2.24) is 29.5 Å². The van der Waals surface area contributed by atoms with Crippen LogP contribution in [-0.4, -0.2) is 87.7 Å². The lowest BCUT2D eigenvalue weighted by molar-refractivity contribution is -0.137. The molecule has 33 heavy (non-hydrogen) atoms. The maximum absolute atomic E-state index is 13.3. The van der Waals surface area contributed by atoms with Gasteiger partial charge in [-0.1, -0.05) is 13.8 Å². The molecule has 2 aliphatic rings. The lowest BCUT2D eigenvalue weighted by Gasteiger charge is -2.35. The highest BCUT2D eigenvalue weighted by Crippen LogP contribution is 2.30. The third-order valence-electron chi connectivity index (χ3n) is 6.47. The van der Waals surface area contributed by atoms with Crippen LogP contribution in [0, 0.1) is 0 Å². The smallest absolute Gasteiger partial charge is 0.336 e. The minimum Gasteiger partial charge on any atom is -0.336 e. The van der Waals surface area contributed by atoms with Crippen molar-refractivity contribution < 1.29 is 18.0 Å². The van der Waals surface area contributed by atoms with Crippen LogP contribution >= 0.6 is 0 Å².